The van der Waals surface area contributed by atoms with Crippen LogP contribution >= 0.6 is 11.6 Å². The number of carbonyl (C=O) groups is 1. The van der Waals surface area contributed by atoms with Crippen molar-refractivity contribution >= 4 is 17.9 Å². The maximum Gasteiger partial charge on any atom is 0.128 e. The van der Waals surface area contributed by atoms with E-state index in [0.29, 0.717) is 11.5 Å². The highest BCUT2D eigenvalue weighted by molar-refractivity contribution is 6.31. The van der Waals surface area contributed by atoms with Gasteiger partial charge in [0.25, 0.3) is 0 Å². The van der Waals surface area contributed by atoms with Crippen LogP contribution in [-0.2, 0) is 9.53 Å². The highest BCUT2D eigenvalue weighted by Gasteiger charge is 2.15. The van der Waals surface area contributed by atoms with Crippen LogP contribution in [0, 0.1) is 5.92 Å². The molecule has 1 aliphatic rings. The zero-order valence-corrected chi connectivity index (χ0v) is 6.97. The lowest BCUT2D eigenvalue weighted by Gasteiger charge is -2.13. The SMILES string of the molecule is COC1=CCC(C=O)C(Cl)=C1. The summed E-state index contributed by atoms with van der Waals surface area (Å²) >= 11 is 5.77. The zero-order valence-electron chi connectivity index (χ0n) is 6.21. The second-order valence-corrected chi connectivity index (χ2v) is 2.75. The summed E-state index contributed by atoms with van der Waals surface area (Å²) in [7, 11) is 1.58. The first-order chi connectivity index (χ1) is 5.27. The normalized spacial score (nSPS) is 23.6. The molecule has 0 bridgehead atoms. The molecule has 3 heteroatoms. The molecule has 0 radical (unpaired) electrons. The van der Waals surface area contributed by atoms with E-state index in [0.717, 1.165) is 12.0 Å². The summed E-state index contributed by atoms with van der Waals surface area (Å²) in [6.45, 7) is 0. The molecule has 0 N–H and O–H groups in total. The topological polar surface area (TPSA) is 26.3 Å². The van der Waals surface area contributed by atoms with Gasteiger partial charge in [-0.25, -0.2) is 0 Å². The summed E-state index contributed by atoms with van der Waals surface area (Å²) in [5, 5.41) is 0.555. The van der Waals surface area contributed by atoms with Crippen molar-refractivity contribution in [2.75, 3.05) is 7.11 Å². The molecule has 0 aromatic rings. The molecule has 0 aromatic carbocycles. The lowest BCUT2D eigenvalue weighted by atomic mass is 10.0. The van der Waals surface area contributed by atoms with Gasteiger partial charge in [-0.05, 0) is 18.6 Å². The van der Waals surface area contributed by atoms with Gasteiger partial charge in [-0.15, -0.1) is 0 Å². The van der Waals surface area contributed by atoms with Crippen LogP contribution in [0.1, 0.15) is 6.42 Å². The molecule has 0 spiro atoms. The monoisotopic (exact) mass is 172 g/mol. The van der Waals surface area contributed by atoms with Gasteiger partial charge in [-0.1, -0.05) is 11.6 Å². The maximum absolute atomic E-state index is 10.4. The number of ether oxygens (including phenoxy) is 1. The van der Waals surface area contributed by atoms with E-state index in [2.05, 4.69) is 0 Å². The van der Waals surface area contributed by atoms with Crippen molar-refractivity contribution in [3.8, 4) is 0 Å². The Labute approximate surface area is 70.5 Å². The van der Waals surface area contributed by atoms with Gasteiger partial charge >= 0.3 is 0 Å². The van der Waals surface area contributed by atoms with E-state index in [9.17, 15) is 4.79 Å². The molecular formula is C8H9ClO2. The van der Waals surface area contributed by atoms with Gasteiger partial charge in [-0.2, -0.15) is 0 Å². The second-order valence-electron chi connectivity index (χ2n) is 2.32. The van der Waals surface area contributed by atoms with Crippen molar-refractivity contribution < 1.29 is 9.53 Å². The zero-order chi connectivity index (χ0) is 8.27. The Kier molecular flexibility index (Phi) is 2.71. The van der Waals surface area contributed by atoms with Crippen LogP contribution in [0.3, 0.4) is 0 Å². The number of halogens is 1. The van der Waals surface area contributed by atoms with Crippen molar-refractivity contribution in [3.63, 3.8) is 0 Å². The number of methoxy groups -OCH3 is 1. The lowest BCUT2D eigenvalue weighted by Crippen LogP contribution is -2.05. The smallest absolute Gasteiger partial charge is 0.128 e. The van der Waals surface area contributed by atoms with E-state index < -0.39 is 0 Å². The summed E-state index contributed by atoms with van der Waals surface area (Å²) in [6.07, 6.45) is 5.01. The Hall–Kier alpha value is -0.760. The van der Waals surface area contributed by atoms with Crippen molar-refractivity contribution in [2.24, 2.45) is 5.92 Å². The lowest BCUT2D eigenvalue weighted by molar-refractivity contribution is -0.110. The minimum Gasteiger partial charge on any atom is -0.497 e. The summed E-state index contributed by atoms with van der Waals surface area (Å²) in [5.74, 6) is 0.559. The van der Waals surface area contributed by atoms with Crippen LogP contribution in [0.15, 0.2) is 22.9 Å². The molecule has 0 saturated heterocycles. The third kappa shape index (κ3) is 1.84. The van der Waals surface area contributed by atoms with E-state index in [4.69, 9.17) is 16.3 Å². The molecule has 0 aliphatic heterocycles. The highest BCUT2D eigenvalue weighted by atomic mass is 35.5. The first kappa shape index (κ1) is 8.34. The summed E-state index contributed by atoms with van der Waals surface area (Å²) in [6, 6.07) is 0. The van der Waals surface area contributed by atoms with Crippen molar-refractivity contribution in [1.82, 2.24) is 0 Å². The second kappa shape index (κ2) is 3.58. The number of hydrogen-bond acceptors (Lipinski definition) is 2. The Morgan fingerprint density at radius 3 is 3.00 bits per heavy atom. The number of hydrogen-bond donors (Lipinski definition) is 0. The van der Waals surface area contributed by atoms with Gasteiger partial charge in [-0.3, -0.25) is 0 Å². The highest BCUT2D eigenvalue weighted by Crippen LogP contribution is 2.25. The quantitative estimate of drug-likeness (QED) is 0.595. The summed E-state index contributed by atoms with van der Waals surface area (Å²) in [5.41, 5.74) is 0. The number of aldehydes is 1. The van der Waals surface area contributed by atoms with Crippen molar-refractivity contribution in [2.45, 2.75) is 6.42 Å². The summed E-state index contributed by atoms with van der Waals surface area (Å²) in [4.78, 5) is 10.4. The predicted molar refractivity (Wildman–Crippen MR) is 43.2 cm³/mol. The van der Waals surface area contributed by atoms with Gasteiger partial charge in [0.05, 0.1) is 13.0 Å². The average Bonchev–Trinajstić information content (AvgIpc) is 2.04. The number of rotatable bonds is 2. The van der Waals surface area contributed by atoms with Gasteiger partial charge in [0.1, 0.15) is 12.0 Å². The molecule has 11 heavy (non-hydrogen) atoms. The molecule has 1 unspecified atom stereocenters. The van der Waals surface area contributed by atoms with Crippen LogP contribution in [0.25, 0.3) is 0 Å². The van der Waals surface area contributed by atoms with Crippen molar-refractivity contribution in [3.05, 3.63) is 22.9 Å². The van der Waals surface area contributed by atoms with Gasteiger partial charge in [0.15, 0.2) is 0 Å². The van der Waals surface area contributed by atoms with E-state index in [-0.39, 0.29) is 5.92 Å². The Morgan fingerprint density at radius 2 is 2.55 bits per heavy atom. The average molecular weight is 173 g/mol. The van der Waals surface area contributed by atoms with Crippen LogP contribution in [0.2, 0.25) is 0 Å². The minimum atomic E-state index is -0.171. The van der Waals surface area contributed by atoms with Crippen molar-refractivity contribution in [1.29, 1.82) is 0 Å². The molecular weight excluding hydrogens is 164 g/mol. The van der Waals surface area contributed by atoms with Crippen LogP contribution in [0.5, 0.6) is 0 Å². The Balaban J connectivity index is 2.73. The van der Waals surface area contributed by atoms with Crippen LogP contribution in [-0.4, -0.2) is 13.4 Å². The minimum absolute atomic E-state index is 0.171. The molecule has 0 saturated carbocycles. The summed E-state index contributed by atoms with van der Waals surface area (Å²) < 4.78 is 4.94. The Bertz CT molecular complexity index is 218. The first-order valence-electron chi connectivity index (χ1n) is 3.34. The van der Waals surface area contributed by atoms with Gasteiger partial charge in [0, 0.05) is 5.03 Å². The Morgan fingerprint density at radius 1 is 1.82 bits per heavy atom. The molecule has 1 rings (SSSR count). The first-order valence-corrected chi connectivity index (χ1v) is 3.72. The van der Waals surface area contributed by atoms with Crippen LogP contribution in [0.4, 0.5) is 0 Å². The van der Waals surface area contributed by atoms with E-state index >= 15 is 0 Å². The fourth-order valence-electron chi connectivity index (χ4n) is 0.920. The van der Waals surface area contributed by atoms with Gasteiger partial charge < -0.3 is 9.53 Å². The van der Waals surface area contributed by atoms with E-state index in [1.807, 2.05) is 6.08 Å². The maximum atomic E-state index is 10.4. The fraction of sp³-hybridized carbons (Fsp3) is 0.375. The number of carbonyl (C=O) groups excluding carboxylic acids is 1. The predicted octanol–water partition coefficient (Wildman–Crippen LogP) is 1.86. The molecule has 1 aliphatic carbocycles. The molecule has 2 nitrogen and oxygen atoms in total. The molecule has 0 heterocycles. The van der Waals surface area contributed by atoms with Gasteiger partial charge in [0.2, 0.25) is 0 Å². The third-order valence-electron chi connectivity index (χ3n) is 1.61. The molecule has 0 fully saturated rings. The number of allylic oxidation sites excluding steroid dienone is 3. The largest absolute Gasteiger partial charge is 0.497 e. The van der Waals surface area contributed by atoms with Crippen LogP contribution < -0.4 is 0 Å². The van der Waals surface area contributed by atoms with E-state index in [1.165, 1.54) is 0 Å². The fourth-order valence-corrected chi connectivity index (χ4v) is 1.17. The standard InChI is InChI=1S/C8H9ClO2/c1-11-7-3-2-6(5-10)8(9)4-7/h3-6H,2H2,1H3. The third-order valence-corrected chi connectivity index (χ3v) is 2.00. The molecule has 0 aromatic heterocycles. The molecule has 1 atom stereocenters. The molecule has 60 valence electrons. The van der Waals surface area contributed by atoms with E-state index in [1.54, 1.807) is 13.2 Å². The molecule has 0 amide bonds.